The number of hydrogen-bond donors (Lipinski definition) is 1. The molecule has 15 heavy (non-hydrogen) atoms. The maximum atomic E-state index is 4.39. The molecule has 2 aromatic rings. The zero-order valence-electron chi connectivity index (χ0n) is 9.06. The predicted molar refractivity (Wildman–Crippen MR) is 62.1 cm³/mol. The summed E-state index contributed by atoms with van der Waals surface area (Å²) < 4.78 is 1.99. The molecule has 0 saturated carbocycles. The average molecular weight is 222 g/mol. The van der Waals surface area contributed by atoms with Crippen molar-refractivity contribution in [3.05, 3.63) is 28.5 Å². The van der Waals surface area contributed by atoms with E-state index in [0.717, 1.165) is 16.6 Å². The highest BCUT2D eigenvalue weighted by Gasteiger charge is 2.10. The fourth-order valence-electron chi connectivity index (χ4n) is 1.45. The molecule has 0 aliphatic rings. The monoisotopic (exact) mass is 222 g/mol. The van der Waals surface area contributed by atoms with E-state index in [2.05, 4.69) is 22.2 Å². The van der Waals surface area contributed by atoms with Gasteiger partial charge in [-0.1, -0.05) is 0 Å². The first-order valence-electron chi connectivity index (χ1n) is 4.82. The van der Waals surface area contributed by atoms with E-state index in [0.29, 0.717) is 0 Å². The molecule has 1 N–H and O–H groups in total. The number of hydrogen-bond acceptors (Lipinski definition) is 4. The summed E-state index contributed by atoms with van der Waals surface area (Å²) in [4.78, 5) is 8.66. The molecule has 0 amide bonds. The van der Waals surface area contributed by atoms with Gasteiger partial charge in [0.05, 0.1) is 11.7 Å². The van der Waals surface area contributed by atoms with Crippen molar-refractivity contribution in [2.45, 2.75) is 19.9 Å². The first kappa shape index (κ1) is 10.2. The van der Waals surface area contributed by atoms with Crippen molar-refractivity contribution in [1.29, 1.82) is 0 Å². The first-order chi connectivity index (χ1) is 7.16. The Morgan fingerprint density at radius 2 is 2.33 bits per heavy atom. The normalized spacial score (nSPS) is 12.7. The minimum absolute atomic E-state index is 0.200. The lowest BCUT2D eigenvalue weighted by Gasteiger charge is -2.11. The van der Waals surface area contributed by atoms with E-state index in [-0.39, 0.29) is 6.04 Å². The summed E-state index contributed by atoms with van der Waals surface area (Å²) in [5.41, 5.74) is 1.02. The van der Waals surface area contributed by atoms with Crippen LogP contribution < -0.4 is 5.32 Å². The maximum Gasteiger partial charge on any atom is 0.203 e. The second-order valence-electron chi connectivity index (χ2n) is 3.55. The Bertz CT molecular complexity index is 432. The fraction of sp³-hybridized carbons (Fsp3) is 0.400. The Hall–Kier alpha value is -1.36. The minimum atomic E-state index is 0.200. The topological polar surface area (TPSA) is 42.7 Å². The van der Waals surface area contributed by atoms with Gasteiger partial charge in [-0.25, -0.2) is 9.97 Å². The van der Waals surface area contributed by atoms with Crippen LogP contribution in [0, 0.1) is 6.92 Å². The molecule has 2 rings (SSSR count). The third kappa shape index (κ3) is 2.18. The summed E-state index contributed by atoms with van der Waals surface area (Å²) in [5, 5.41) is 6.40. The van der Waals surface area contributed by atoms with Crippen molar-refractivity contribution in [3.8, 4) is 0 Å². The molecular weight excluding hydrogens is 208 g/mol. The number of aromatic nitrogens is 3. The van der Waals surface area contributed by atoms with Gasteiger partial charge in [-0.15, -0.1) is 11.3 Å². The van der Waals surface area contributed by atoms with E-state index in [9.17, 15) is 0 Å². The van der Waals surface area contributed by atoms with Gasteiger partial charge in [-0.3, -0.25) is 0 Å². The molecule has 1 atom stereocenters. The molecule has 0 fully saturated rings. The number of nitrogens with zero attached hydrogens (tertiary/aromatic N) is 3. The fourth-order valence-corrected chi connectivity index (χ4v) is 2.10. The molecule has 0 saturated heterocycles. The Morgan fingerprint density at radius 3 is 2.87 bits per heavy atom. The first-order valence-corrected chi connectivity index (χ1v) is 5.70. The summed E-state index contributed by atoms with van der Waals surface area (Å²) in [6.07, 6.45) is 3.82. The highest BCUT2D eigenvalue weighted by Crippen LogP contribution is 2.19. The van der Waals surface area contributed by atoms with Gasteiger partial charge in [-0.2, -0.15) is 0 Å². The molecule has 0 bridgehead atoms. The molecule has 0 radical (unpaired) electrons. The van der Waals surface area contributed by atoms with E-state index in [1.165, 1.54) is 0 Å². The summed E-state index contributed by atoms with van der Waals surface area (Å²) in [6.45, 7) is 4.07. The van der Waals surface area contributed by atoms with Gasteiger partial charge in [0.25, 0.3) is 0 Å². The zero-order chi connectivity index (χ0) is 10.8. The van der Waals surface area contributed by atoms with E-state index in [4.69, 9.17) is 0 Å². The molecule has 5 heteroatoms. The summed E-state index contributed by atoms with van der Waals surface area (Å²) in [7, 11) is 1.98. The van der Waals surface area contributed by atoms with Gasteiger partial charge < -0.3 is 9.88 Å². The number of nitrogens with one attached hydrogen (secondary N) is 1. The van der Waals surface area contributed by atoms with Crippen LogP contribution in [0.4, 0.5) is 5.95 Å². The van der Waals surface area contributed by atoms with Crippen LogP contribution in [-0.2, 0) is 7.05 Å². The van der Waals surface area contributed by atoms with Gasteiger partial charge in [0.15, 0.2) is 0 Å². The largest absolute Gasteiger partial charge is 0.347 e. The average Bonchev–Trinajstić information content (AvgIpc) is 2.76. The molecular formula is C10H14N4S. The molecule has 2 heterocycles. The van der Waals surface area contributed by atoms with E-state index >= 15 is 0 Å². The Labute approximate surface area is 93.0 Å². The van der Waals surface area contributed by atoms with Crippen LogP contribution in [0.2, 0.25) is 0 Å². The van der Waals surface area contributed by atoms with Gasteiger partial charge >= 0.3 is 0 Å². The van der Waals surface area contributed by atoms with Crippen molar-refractivity contribution < 1.29 is 0 Å². The van der Waals surface area contributed by atoms with Crippen molar-refractivity contribution in [2.75, 3.05) is 5.32 Å². The molecule has 1 unspecified atom stereocenters. The Balaban J connectivity index is 2.12. The SMILES string of the molecule is Cc1cn(C)c(NC(C)c2nccs2)n1. The highest BCUT2D eigenvalue weighted by molar-refractivity contribution is 7.09. The molecule has 0 aliphatic carbocycles. The minimum Gasteiger partial charge on any atom is -0.347 e. The number of thiazole rings is 1. The van der Waals surface area contributed by atoms with Crippen molar-refractivity contribution in [3.63, 3.8) is 0 Å². The van der Waals surface area contributed by atoms with Gasteiger partial charge in [-0.05, 0) is 13.8 Å². The smallest absolute Gasteiger partial charge is 0.203 e. The van der Waals surface area contributed by atoms with Crippen LogP contribution in [0.3, 0.4) is 0 Å². The number of anilines is 1. The summed E-state index contributed by atoms with van der Waals surface area (Å²) in [6, 6.07) is 0.200. The van der Waals surface area contributed by atoms with E-state index in [1.807, 2.05) is 36.3 Å². The number of rotatable bonds is 3. The molecule has 2 aromatic heterocycles. The predicted octanol–water partition coefficient (Wildman–Crippen LogP) is 2.36. The van der Waals surface area contributed by atoms with Crippen LogP contribution >= 0.6 is 11.3 Å². The lowest BCUT2D eigenvalue weighted by atomic mass is 10.4. The molecule has 80 valence electrons. The van der Waals surface area contributed by atoms with Crippen LogP contribution in [0.1, 0.15) is 23.7 Å². The molecule has 0 aromatic carbocycles. The second-order valence-corrected chi connectivity index (χ2v) is 4.48. The van der Waals surface area contributed by atoms with Crippen LogP contribution in [0.5, 0.6) is 0 Å². The van der Waals surface area contributed by atoms with E-state index < -0.39 is 0 Å². The van der Waals surface area contributed by atoms with Gasteiger partial charge in [0, 0.05) is 24.8 Å². The molecule has 4 nitrogen and oxygen atoms in total. The van der Waals surface area contributed by atoms with Crippen LogP contribution in [-0.4, -0.2) is 14.5 Å². The standard InChI is InChI=1S/C10H14N4S/c1-7-6-14(3)10(12-7)13-8(2)9-11-4-5-15-9/h4-6,8H,1-3H3,(H,12,13). The van der Waals surface area contributed by atoms with Crippen molar-refractivity contribution >= 4 is 17.3 Å². The lowest BCUT2D eigenvalue weighted by Crippen LogP contribution is -2.09. The Morgan fingerprint density at radius 1 is 1.53 bits per heavy atom. The quantitative estimate of drug-likeness (QED) is 0.867. The Kier molecular flexibility index (Phi) is 2.73. The van der Waals surface area contributed by atoms with E-state index in [1.54, 1.807) is 11.3 Å². The molecule has 0 aliphatic heterocycles. The van der Waals surface area contributed by atoms with Gasteiger partial charge in [0.2, 0.25) is 5.95 Å². The van der Waals surface area contributed by atoms with Crippen LogP contribution in [0.15, 0.2) is 17.8 Å². The lowest BCUT2D eigenvalue weighted by molar-refractivity contribution is 0.815. The third-order valence-corrected chi connectivity index (χ3v) is 3.12. The van der Waals surface area contributed by atoms with Gasteiger partial charge in [0.1, 0.15) is 5.01 Å². The third-order valence-electron chi connectivity index (χ3n) is 2.16. The summed E-state index contributed by atoms with van der Waals surface area (Å²) >= 11 is 1.65. The number of imidazole rings is 1. The maximum absolute atomic E-state index is 4.39. The summed E-state index contributed by atoms with van der Waals surface area (Å²) in [5.74, 6) is 0.884. The van der Waals surface area contributed by atoms with Crippen molar-refractivity contribution in [1.82, 2.24) is 14.5 Å². The molecule has 0 spiro atoms. The second kappa shape index (κ2) is 4.02. The zero-order valence-corrected chi connectivity index (χ0v) is 9.88. The van der Waals surface area contributed by atoms with Crippen molar-refractivity contribution in [2.24, 2.45) is 7.05 Å². The number of aryl methyl sites for hydroxylation is 2. The van der Waals surface area contributed by atoms with Crippen LogP contribution in [0.25, 0.3) is 0 Å². The highest BCUT2D eigenvalue weighted by atomic mass is 32.1.